The molecule has 0 spiro atoms. The first-order chi connectivity index (χ1) is 9.56. The second-order valence-corrected chi connectivity index (χ2v) is 6.19. The predicted molar refractivity (Wildman–Crippen MR) is 90.0 cm³/mol. The lowest BCUT2D eigenvalue weighted by atomic mass is 10.1. The van der Waals surface area contributed by atoms with Crippen molar-refractivity contribution in [1.29, 1.82) is 0 Å². The molecule has 0 heterocycles. The van der Waals surface area contributed by atoms with Crippen molar-refractivity contribution in [2.45, 2.75) is 20.0 Å². The Hall–Kier alpha value is -1.32. The van der Waals surface area contributed by atoms with Crippen LogP contribution in [0.4, 0.5) is 5.69 Å². The minimum Gasteiger partial charge on any atom is -0.381 e. The summed E-state index contributed by atoms with van der Waals surface area (Å²) in [5, 5.41) is 3.53. The second-order valence-electron chi connectivity index (χ2n) is 5.33. The van der Waals surface area contributed by atoms with Crippen LogP contribution in [-0.2, 0) is 13.1 Å². The van der Waals surface area contributed by atoms with E-state index < -0.39 is 0 Å². The summed E-state index contributed by atoms with van der Waals surface area (Å²) in [4.78, 5) is 2.18. The van der Waals surface area contributed by atoms with Crippen molar-refractivity contribution in [3.63, 3.8) is 0 Å². The van der Waals surface area contributed by atoms with Gasteiger partial charge in [-0.15, -0.1) is 0 Å². The summed E-state index contributed by atoms with van der Waals surface area (Å²) in [6.45, 7) is 3.89. The Balaban J connectivity index is 2.08. The van der Waals surface area contributed by atoms with Gasteiger partial charge in [-0.05, 0) is 49.8 Å². The first-order valence-electron chi connectivity index (χ1n) is 6.78. The maximum absolute atomic E-state index is 3.59. The molecular weight excluding hydrogens is 312 g/mol. The molecule has 2 rings (SSSR count). The summed E-state index contributed by atoms with van der Waals surface area (Å²) in [6, 6.07) is 15.0. The summed E-state index contributed by atoms with van der Waals surface area (Å²) >= 11 is 3.59. The molecule has 0 bridgehead atoms. The van der Waals surface area contributed by atoms with Gasteiger partial charge in [-0.25, -0.2) is 0 Å². The van der Waals surface area contributed by atoms with Gasteiger partial charge in [0.15, 0.2) is 0 Å². The summed E-state index contributed by atoms with van der Waals surface area (Å²) < 4.78 is 1.17. The van der Waals surface area contributed by atoms with Gasteiger partial charge in [-0.3, -0.25) is 0 Å². The Kier molecular flexibility index (Phi) is 5.21. The lowest BCUT2D eigenvalue weighted by Crippen LogP contribution is -2.12. The van der Waals surface area contributed by atoms with Crippen LogP contribution in [-0.4, -0.2) is 19.0 Å². The lowest BCUT2D eigenvalue weighted by Gasteiger charge is -2.15. The number of nitrogens with zero attached hydrogens (tertiary/aromatic N) is 1. The minimum atomic E-state index is 0.837. The molecule has 2 nitrogen and oxygen atoms in total. The summed E-state index contributed by atoms with van der Waals surface area (Å²) in [7, 11) is 4.18. The minimum absolute atomic E-state index is 0.837. The smallest absolute Gasteiger partial charge is 0.0401 e. The number of aryl methyl sites for hydroxylation is 1. The zero-order valence-corrected chi connectivity index (χ0v) is 13.9. The number of hydrogen-bond acceptors (Lipinski definition) is 2. The van der Waals surface area contributed by atoms with Crippen LogP contribution < -0.4 is 5.32 Å². The summed E-state index contributed by atoms with van der Waals surface area (Å²) in [5.41, 5.74) is 5.07. The average molecular weight is 333 g/mol. The number of benzene rings is 2. The van der Waals surface area contributed by atoms with Gasteiger partial charge in [-0.1, -0.05) is 46.3 Å². The van der Waals surface area contributed by atoms with Crippen LogP contribution in [0.1, 0.15) is 16.7 Å². The quantitative estimate of drug-likeness (QED) is 0.871. The highest BCUT2D eigenvalue weighted by Crippen LogP contribution is 2.20. The van der Waals surface area contributed by atoms with Crippen LogP contribution in [0.25, 0.3) is 0 Å². The number of hydrogen-bond donors (Lipinski definition) is 1. The highest BCUT2D eigenvalue weighted by atomic mass is 79.9. The van der Waals surface area contributed by atoms with Crippen LogP contribution in [0, 0.1) is 6.92 Å². The van der Waals surface area contributed by atoms with Crippen molar-refractivity contribution in [3.8, 4) is 0 Å². The van der Waals surface area contributed by atoms with Gasteiger partial charge in [-0.2, -0.15) is 0 Å². The molecule has 106 valence electrons. The van der Waals surface area contributed by atoms with Gasteiger partial charge in [0.05, 0.1) is 0 Å². The molecule has 20 heavy (non-hydrogen) atoms. The lowest BCUT2D eigenvalue weighted by molar-refractivity contribution is 0.403. The standard InChI is InChI=1S/C17H21BrN2/c1-13-8-9-14(10-16(13)18)11-19-17-7-5-4-6-15(17)12-20(2)3/h4-10,19H,11-12H2,1-3H3. The van der Waals surface area contributed by atoms with E-state index in [1.54, 1.807) is 0 Å². The van der Waals surface area contributed by atoms with Gasteiger partial charge in [0, 0.05) is 23.2 Å². The average Bonchev–Trinajstić information content (AvgIpc) is 2.41. The van der Waals surface area contributed by atoms with E-state index in [4.69, 9.17) is 0 Å². The molecule has 0 saturated heterocycles. The van der Waals surface area contributed by atoms with Gasteiger partial charge >= 0.3 is 0 Å². The molecule has 0 aromatic heterocycles. The second kappa shape index (κ2) is 6.91. The van der Waals surface area contributed by atoms with Crippen LogP contribution in [0.3, 0.4) is 0 Å². The highest BCUT2D eigenvalue weighted by Gasteiger charge is 2.03. The topological polar surface area (TPSA) is 15.3 Å². The van der Waals surface area contributed by atoms with Crippen LogP contribution in [0.2, 0.25) is 0 Å². The molecule has 0 atom stereocenters. The van der Waals surface area contributed by atoms with E-state index in [1.807, 2.05) is 0 Å². The fourth-order valence-corrected chi connectivity index (χ4v) is 2.54. The molecule has 0 radical (unpaired) electrons. The fraction of sp³-hybridized carbons (Fsp3) is 0.294. The molecule has 0 fully saturated rings. The zero-order valence-electron chi connectivity index (χ0n) is 12.3. The Morgan fingerprint density at radius 2 is 1.85 bits per heavy atom. The maximum Gasteiger partial charge on any atom is 0.0401 e. The summed E-state index contributed by atoms with van der Waals surface area (Å²) in [5.74, 6) is 0. The van der Waals surface area contributed by atoms with Crippen molar-refractivity contribution >= 4 is 21.6 Å². The number of halogens is 1. The Morgan fingerprint density at radius 1 is 1.10 bits per heavy atom. The Morgan fingerprint density at radius 3 is 2.55 bits per heavy atom. The third kappa shape index (κ3) is 4.09. The Labute approximate surface area is 129 Å². The number of rotatable bonds is 5. The van der Waals surface area contributed by atoms with E-state index in [-0.39, 0.29) is 0 Å². The Bertz CT molecular complexity index is 579. The van der Waals surface area contributed by atoms with Crippen LogP contribution in [0.5, 0.6) is 0 Å². The third-order valence-corrected chi connectivity index (χ3v) is 4.08. The molecule has 3 heteroatoms. The van der Waals surface area contributed by atoms with E-state index in [1.165, 1.54) is 26.9 Å². The van der Waals surface area contributed by atoms with E-state index in [9.17, 15) is 0 Å². The van der Waals surface area contributed by atoms with Crippen molar-refractivity contribution in [1.82, 2.24) is 4.90 Å². The first kappa shape index (κ1) is 15.1. The fourth-order valence-electron chi connectivity index (χ4n) is 2.11. The molecule has 0 unspecified atom stereocenters. The van der Waals surface area contributed by atoms with E-state index in [0.29, 0.717) is 0 Å². The van der Waals surface area contributed by atoms with Gasteiger partial charge < -0.3 is 10.2 Å². The zero-order chi connectivity index (χ0) is 14.5. The van der Waals surface area contributed by atoms with E-state index in [2.05, 4.69) is 89.6 Å². The first-order valence-corrected chi connectivity index (χ1v) is 7.57. The molecule has 1 N–H and O–H groups in total. The van der Waals surface area contributed by atoms with E-state index in [0.717, 1.165) is 13.1 Å². The number of para-hydroxylation sites is 1. The third-order valence-electron chi connectivity index (χ3n) is 3.22. The van der Waals surface area contributed by atoms with Gasteiger partial charge in [0.1, 0.15) is 0 Å². The van der Waals surface area contributed by atoms with Crippen LogP contribution in [0.15, 0.2) is 46.9 Å². The largest absolute Gasteiger partial charge is 0.381 e. The van der Waals surface area contributed by atoms with E-state index >= 15 is 0 Å². The normalized spacial score (nSPS) is 10.8. The van der Waals surface area contributed by atoms with Crippen molar-refractivity contribution < 1.29 is 0 Å². The molecule has 0 amide bonds. The summed E-state index contributed by atoms with van der Waals surface area (Å²) in [6.07, 6.45) is 0. The molecular formula is C17H21BrN2. The maximum atomic E-state index is 3.59. The molecule has 2 aromatic rings. The number of nitrogens with one attached hydrogen (secondary N) is 1. The van der Waals surface area contributed by atoms with Crippen molar-refractivity contribution in [3.05, 3.63) is 63.6 Å². The van der Waals surface area contributed by atoms with Gasteiger partial charge in [0.2, 0.25) is 0 Å². The molecule has 0 aliphatic heterocycles. The molecule has 0 aliphatic rings. The SMILES string of the molecule is Cc1ccc(CNc2ccccc2CN(C)C)cc1Br. The monoisotopic (exact) mass is 332 g/mol. The van der Waals surface area contributed by atoms with Crippen molar-refractivity contribution in [2.75, 3.05) is 19.4 Å². The predicted octanol–water partition coefficient (Wildman–Crippen LogP) is 4.43. The van der Waals surface area contributed by atoms with Gasteiger partial charge in [0.25, 0.3) is 0 Å². The molecule has 0 saturated carbocycles. The number of anilines is 1. The highest BCUT2D eigenvalue weighted by molar-refractivity contribution is 9.10. The van der Waals surface area contributed by atoms with Crippen LogP contribution >= 0.6 is 15.9 Å². The molecule has 2 aromatic carbocycles. The molecule has 0 aliphatic carbocycles. The van der Waals surface area contributed by atoms with Crippen molar-refractivity contribution in [2.24, 2.45) is 0 Å².